The van der Waals surface area contributed by atoms with E-state index in [2.05, 4.69) is 5.32 Å². The molecule has 5 heteroatoms. The van der Waals surface area contributed by atoms with E-state index in [1.807, 2.05) is 19.9 Å². The van der Waals surface area contributed by atoms with Crippen molar-refractivity contribution in [1.29, 1.82) is 0 Å². The summed E-state index contributed by atoms with van der Waals surface area (Å²) in [5.74, 6) is -1.11. The monoisotopic (exact) mass is 249 g/mol. The largest absolute Gasteiger partial charge is 0.492 e. The number of carboxylic acid groups (broad SMARTS) is 1. The maximum absolute atomic E-state index is 11.4. The lowest BCUT2D eigenvalue weighted by atomic mass is 10.2. The lowest BCUT2D eigenvalue weighted by molar-refractivity contribution is -0.131. The van der Waals surface area contributed by atoms with Gasteiger partial charge in [0.1, 0.15) is 5.75 Å². The summed E-state index contributed by atoms with van der Waals surface area (Å²) < 4.78 is 5.39. The van der Waals surface area contributed by atoms with Crippen LogP contribution in [0.1, 0.15) is 12.5 Å². The van der Waals surface area contributed by atoms with Crippen molar-refractivity contribution in [1.82, 2.24) is 0 Å². The minimum absolute atomic E-state index is 0.483. The Morgan fingerprint density at radius 1 is 1.39 bits per heavy atom. The van der Waals surface area contributed by atoms with E-state index in [-0.39, 0.29) is 0 Å². The van der Waals surface area contributed by atoms with E-state index in [9.17, 15) is 9.59 Å². The lowest BCUT2D eigenvalue weighted by Crippen LogP contribution is -2.10. The molecule has 0 aliphatic heterocycles. The summed E-state index contributed by atoms with van der Waals surface area (Å²) in [4.78, 5) is 21.7. The molecule has 1 aromatic carbocycles. The SMILES string of the molecule is CCOc1cc(C)ccc1NC(=O)/C=C/C(=O)O. The highest BCUT2D eigenvalue weighted by atomic mass is 16.5. The van der Waals surface area contributed by atoms with Crippen molar-refractivity contribution in [2.45, 2.75) is 13.8 Å². The second-order valence-corrected chi connectivity index (χ2v) is 3.59. The Morgan fingerprint density at radius 2 is 2.11 bits per heavy atom. The molecular formula is C13H15NO4. The summed E-state index contributed by atoms with van der Waals surface area (Å²) in [5, 5.41) is 11.0. The van der Waals surface area contributed by atoms with Crippen LogP contribution in [-0.2, 0) is 9.59 Å². The summed E-state index contributed by atoms with van der Waals surface area (Å²) >= 11 is 0. The van der Waals surface area contributed by atoms with Crippen LogP contribution in [0.25, 0.3) is 0 Å². The van der Waals surface area contributed by atoms with Gasteiger partial charge in [0.05, 0.1) is 12.3 Å². The van der Waals surface area contributed by atoms with Crippen LogP contribution < -0.4 is 10.1 Å². The fourth-order valence-corrected chi connectivity index (χ4v) is 1.33. The van der Waals surface area contributed by atoms with Gasteiger partial charge in [-0.2, -0.15) is 0 Å². The first kappa shape index (κ1) is 13.8. The fraction of sp³-hybridized carbons (Fsp3) is 0.231. The Kier molecular flexibility index (Phi) is 4.92. The number of hydrogen-bond donors (Lipinski definition) is 2. The maximum atomic E-state index is 11.4. The highest BCUT2D eigenvalue weighted by Crippen LogP contribution is 2.25. The molecule has 0 spiro atoms. The third-order valence-corrected chi connectivity index (χ3v) is 2.07. The number of anilines is 1. The first-order valence-corrected chi connectivity index (χ1v) is 5.48. The zero-order valence-corrected chi connectivity index (χ0v) is 10.3. The number of aliphatic carboxylic acids is 1. The highest BCUT2D eigenvalue weighted by Gasteiger charge is 2.06. The van der Waals surface area contributed by atoms with E-state index in [1.165, 1.54) is 0 Å². The molecule has 0 atom stereocenters. The Labute approximate surface area is 105 Å². The molecule has 0 aliphatic rings. The molecule has 1 amide bonds. The number of carbonyl (C=O) groups excluding carboxylic acids is 1. The van der Waals surface area contributed by atoms with E-state index in [1.54, 1.807) is 12.1 Å². The molecule has 1 rings (SSSR count). The average Bonchev–Trinajstić information content (AvgIpc) is 2.30. The minimum atomic E-state index is -1.17. The van der Waals surface area contributed by atoms with Crippen LogP contribution in [0.3, 0.4) is 0 Å². The molecule has 2 N–H and O–H groups in total. The number of rotatable bonds is 5. The molecule has 0 saturated carbocycles. The molecule has 18 heavy (non-hydrogen) atoms. The van der Waals surface area contributed by atoms with Gasteiger partial charge in [-0.15, -0.1) is 0 Å². The first-order chi connectivity index (χ1) is 8.52. The van der Waals surface area contributed by atoms with E-state index in [4.69, 9.17) is 9.84 Å². The third-order valence-electron chi connectivity index (χ3n) is 2.07. The number of ether oxygens (including phenoxy) is 1. The van der Waals surface area contributed by atoms with E-state index >= 15 is 0 Å². The van der Waals surface area contributed by atoms with Gasteiger partial charge in [0.2, 0.25) is 5.91 Å². The van der Waals surface area contributed by atoms with Gasteiger partial charge in [0.25, 0.3) is 0 Å². The van der Waals surface area contributed by atoms with Crippen LogP contribution in [0.4, 0.5) is 5.69 Å². The zero-order valence-electron chi connectivity index (χ0n) is 10.3. The molecular weight excluding hydrogens is 234 g/mol. The molecule has 0 bridgehead atoms. The molecule has 0 fully saturated rings. The van der Waals surface area contributed by atoms with Crippen molar-refractivity contribution >= 4 is 17.6 Å². The smallest absolute Gasteiger partial charge is 0.328 e. The topological polar surface area (TPSA) is 75.6 Å². The molecule has 0 unspecified atom stereocenters. The van der Waals surface area contributed by atoms with Crippen molar-refractivity contribution in [3.63, 3.8) is 0 Å². The molecule has 0 saturated heterocycles. The molecule has 0 radical (unpaired) electrons. The van der Waals surface area contributed by atoms with Crippen LogP contribution in [0, 0.1) is 6.92 Å². The summed E-state index contributed by atoms with van der Waals surface area (Å²) in [6.07, 6.45) is 1.74. The zero-order chi connectivity index (χ0) is 13.5. The van der Waals surface area contributed by atoms with Crippen LogP contribution in [0.5, 0.6) is 5.75 Å². The van der Waals surface area contributed by atoms with Crippen LogP contribution in [0.2, 0.25) is 0 Å². The highest BCUT2D eigenvalue weighted by molar-refractivity contribution is 6.03. The van der Waals surface area contributed by atoms with Crippen molar-refractivity contribution in [3.05, 3.63) is 35.9 Å². The van der Waals surface area contributed by atoms with Gasteiger partial charge in [-0.05, 0) is 31.5 Å². The van der Waals surface area contributed by atoms with Crippen LogP contribution in [-0.4, -0.2) is 23.6 Å². The molecule has 0 aliphatic carbocycles. The Bertz CT molecular complexity index is 480. The minimum Gasteiger partial charge on any atom is -0.492 e. The quantitative estimate of drug-likeness (QED) is 0.782. The fourth-order valence-electron chi connectivity index (χ4n) is 1.33. The molecule has 0 heterocycles. The first-order valence-electron chi connectivity index (χ1n) is 5.48. The second-order valence-electron chi connectivity index (χ2n) is 3.59. The summed E-state index contributed by atoms with van der Waals surface area (Å²) in [7, 11) is 0. The van der Waals surface area contributed by atoms with E-state index in [0.29, 0.717) is 18.0 Å². The Hall–Kier alpha value is -2.30. The van der Waals surface area contributed by atoms with Gasteiger partial charge < -0.3 is 15.2 Å². The lowest BCUT2D eigenvalue weighted by Gasteiger charge is -2.11. The Morgan fingerprint density at radius 3 is 2.72 bits per heavy atom. The standard InChI is InChI=1S/C13H15NO4/c1-3-18-11-8-9(2)4-5-10(11)14-12(15)6-7-13(16)17/h4-8H,3H2,1-2H3,(H,14,15)(H,16,17)/b7-6+. The number of amides is 1. The maximum Gasteiger partial charge on any atom is 0.328 e. The van der Waals surface area contributed by atoms with E-state index < -0.39 is 11.9 Å². The average molecular weight is 249 g/mol. The van der Waals surface area contributed by atoms with Gasteiger partial charge >= 0.3 is 5.97 Å². The van der Waals surface area contributed by atoms with Gasteiger partial charge in [0, 0.05) is 12.2 Å². The van der Waals surface area contributed by atoms with Crippen molar-refractivity contribution in [3.8, 4) is 5.75 Å². The van der Waals surface area contributed by atoms with Gasteiger partial charge in [0.15, 0.2) is 0 Å². The number of nitrogens with one attached hydrogen (secondary N) is 1. The summed E-state index contributed by atoms with van der Waals surface area (Å²) in [6.45, 7) is 4.24. The number of hydrogen-bond acceptors (Lipinski definition) is 3. The number of carbonyl (C=O) groups is 2. The van der Waals surface area contributed by atoms with Crippen molar-refractivity contribution in [2.75, 3.05) is 11.9 Å². The number of carboxylic acids is 1. The predicted molar refractivity (Wildman–Crippen MR) is 67.8 cm³/mol. The van der Waals surface area contributed by atoms with Crippen molar-refractivity contribution in [2.24, 2.45) is 0 Å². The van der Waals surface area contributed by atoms with Crippen LogP contribution in [0.15, 0.2) is 30.4 Å². The molecule has 0 aromatic heterocycles. The van der Waals surface area contributed by atoms with Gasteiger partial charge in [-0.25, -0.2) is 4.79 Å². The summed E-state index contributed by atoms with van der Waals surface area (Å²) in [5.41, 5.74) is 1.53. The molecule has 1 aromatic rings. The van der Waals surface area contributed by atoms with Crippen LogP contribution >= 0.6 is 0 Å². The van der Waals surface area contributed by atoms with Gasteiger partial charge in [-0.3, -0.25) is 4.79 Å². The number of benzene rings is 1. The van der Waals surface area contributed by atoms with Gasteiger partial charge in [-0.1, -0.05) is 6.07 Å². The Balaban J connectivity index is 2.83. The third kappa shape index (κ3) is 4.29. The van der Waals surface area contributed by atoms with E-state index in [0.717, 1.165) is 17.7 Å². The molecule has 5 nitrogen and oxygen atoms in total. The van der Waals surface area contributed by atoms with Crippen molar-refractivity contribution < 1.29 is 19.4 Å². The molecule has 96 valence electrons. The normalized spacial score (nSPS) is 10.3. The predicted octanol–water partition coefficient (Wildman–Crippen LogP) is 1.97. The second kappa shape index (κ2) is 6.44. The summed E-state index contributed by atoms with van der Waals surface area (Å²) in [6, 6.07) is 5.35. The number of aryl methyl sites for hydroxylation is 1.